The van der Waals surface area contributed by atoms with Crippen molar-refractivity contribution in [1.29, 1.82) is 0 Å². The van der Waals surface area contributed by atoms with Crippen LogP contribution >= 0.6 is 11.3 Å². The van der Waals surface area contributed by atoms with Crippen molar-refractivity contribution in [2.45, 2.75) is 38.3 Å². The summed E-state index contributed by atoms with van der Waals surface area (Å²) in [5.74, 6) is -0.625. The molecule has 3 aromatic rings. The molecule has 0 fully saturated rings. The Balaban J connectivity index is 1.58. The first-order valence-electron chi connectivity index (χ1n) is 10.1. The summed E-state index contributed by atoms with van der Waals surface area (Å²) < 4.78 is 33.3. The van der Waals surface area contributed by atoms with Gasteiger partial charge < -0.3 is 4.74 Å². The summed E-state index contributed by atoms with van der Waals surface area (Å²) in [5.41, 5.74) is 6.64. The normalized spacial score (nSPS) is 12.1. The monoisotopic (exact) mass is 487 g/mol. The lowest BCUT2D eigenvalue weighted by Crippen LogP contribution is -2.47. The van der Waals surface area contributed by atoms with Crippen molar-refractivity contribution in [3.63, 3.8) is 0 Å². The van der Waals surface area contributed by atoms with Gasteiger partial charge in [-0.25, -0.2) is 13.1 Å². The molecule has 0 aliphatic carbocycles. The van der Waals surface area contributed by atoms with Crippen LogP contribution in [-0.4, -0.2) is 26.3 Å². The highest BCUT2D eigenvalue weighted by Gasteiger charge is 2.19. The Morgan fingerprint density at radius 2 is 1.79 bits per heavy atom. The zero-order valence-electron chi connectivity index (χ0n) is 18.4. The van der Waals surface area contributed by atoms with Gasteiger partial charge in [-0.15, -0.1) is 11.3 Å². The number of nitrogens with one attached hydrogen (secondary N) is 3. The van der Waals surface area contributed by atoms with Gasteiger partial charge in [-0.2, -0.15) is 0 Å². The maximum Gasteiger partial charge on any atom is 0.279 e. The van der Waals surface area contributed by atoms with E-state index >= 15 is 0 Å². The Morgan fingerprint density at radius 1 is 1.03 bits per heavy atom. The third-order valence-corrected chi connectivity index (χ3v) is 7.23. The predicted octanol–water partition coefficient (Wildman–Crippen LogP) is 3.07. The van der Waals surface area contributed by atoms with Crippen molar-refractivity contribution < 1.29 is 22.7 Å². The Kier molecular flexibility index (Phi) is 7.85. The molecule has 0 aliphatic heterocycles. The number of amides is 2. The van der Waals surface area contributed by atoms with Crippen LogP contribution in [0.4, 0.5) is 0 Å². The lowest BCUT2D eigenvalue weighted by atomic mass is 10.1. The standard InChI is InChI=1S/C23H25N3O5S2/c1-15-7-4-11-21(16(15)2)31-17(3)22(27)25-26-23(28)18-8-5-10-20(13-18)33(29,30)24-14-19-9-6-12-32-19/h4-13,17,24H,14H2,1-3H3,(H,25,27)(H,26,28). The number of benzene rings is 2. The first-order valence-corrected chi connectivity index (χ1v) is 12.5. The van der Waals surface area contributed by atoms with E-state index < -0.39 is 27.9 Å². The van der Waals surface area contributed by atoms with Crippen LogP contribution in [0.1, 0.15) is 33.3 Å². The quantitative estimate of drug-likeness (QED) is 0.423. The highest BCUT2D eigenvalue weighted by atomic mass is 32.2. The molecule has 0 saturated carbocycles. The molecule has 3 rings (SSSR count). The number of thiophene rings is 1. The summed E-state index contributed by atoms with van der Waals surface area (Å²) in [6.07, 6.45) is -0.862. The first kappa shape index (κ1) is 24.4. The van der Waals surface area contributed by atoms with Gasteiger partial charge in [0.2, 0.25) is 10.0 Å². The third-order valence-electron chi connectivity index (χ3n) is 4.95. The van der Waals surface area contributed by atoms with Crippen LogP contribution in [0.2, 0.25) is 0 Å². The highest BCUT2D eigenvalue weighted by Crippen LogP contribution is 2.21. The molecule has 0 spiro atoms. The van der Waals surface area contributed by atoms with Gasteiger partial charge in [-0.05, 0) is 67.6 Å². The van der Waals surface area contributed by atoms with Gasteiger partial charge >= 0.3 is 0 Å². The smallest absolute Gasteiger partial charge is 0.279 e. The van der Waals surface area contributed by atoms with E-state index in [-0.39, 0.29) is 17.0 Å². The van der Waals surface area contributed by atoms with E-state index in [1.807, 2.05) is 43.5 Å². The second-order valence-corrected chi connectivity index (χ2v) is 10.1. The summed E-state index contributed by atoms with van der Waals surface area (Å²) >= 11 is 1.44. The van der Waals surface area contributed by atoms with E-state index in [1.165, 1.54) is 35.6 Å². The Morgan fingerprint density at radius 3 is 2.52 bits per heavy atom. The second kappa shape index (κ2) is 10.6. The highest BCUT2D eigenvalue weighted by molar-refractivity contribution is 7.89. The van der Waals surface area contributed by atoms with Gasteiger partial charge in [0.1, 0.15) is 5.75 Å². The lowest BCUT2D eigenvalue weighted by Gasteiger charge is -2.17. The van der Waals surface area contributed by atoms with Gasteiger partial charge in [0.05, 0.1) is 4.90 Å². The molecule has 1 unspecified atom stereocenters. The van der Waals surface area contributed by atoms with Crippen LogP contribution < -0.4 is 20.3 Å². The molecule has 1 aromatic heterocycles. The predicted molar refractivity (Wildman–Crippen MR) is 126 cm³/mol. The van der Waals surface area contributed by atoms with Gasteiger partial charge in [0, 0.05) is 17.0 Å². The average molecular weight is 488 g/mol. The molecule has 1 heterocycles. The van der Waals surface area contributed by atoms with Crippen LogP contribution in [0.15, 0.2) is 64.9 Å². The maximum atomic E-state index is 12.6. The molecule has 0 aliphatic rings. The fraction of sp³-hybridized carbons (Fsp3) is 0.217. The minimum absolute atomic E-state index is 0.0512. The average Bonchev–Trinajstić information content (AvgIpc) is 3.33. The van der Waals surface area contributed by atoms with Crippen molar-refractivity contribution in [2.24, 2.45) is 0 Å². The summed E-state index contributed by atoms with van der Waals surface area (Å²) in [7, 11) is -3.81. The van der Waals surface area contributed by atoms with Gasteiger partial charge in [-0.3, -0.25) is 20.4 Å². The van der Waals surface area contributed by atoms with Gasteiger partial charge in [0.25, 0.3) is 11.8 Å². The Bertz CT molecular complexity index is 1240. The van der Waals surface area contributed by atoms with Crippen molar-refractivity contribution in [3.05, 3.63) is 81.5 Å². The number of hydrogen-bond acceptors (Lipinski definition) is 6. The van der Waals surface area contributed by atoms with Crippen LogP contribution in [0.3, 0.4) is 0 Å². The summed E-state index contributed by atoms with van der Waals surface area (Å²) in [5, 5.41) is 1.86. The second-order valence-electron chi connectivity index (χ2n) is 7.33. The minimum Gasteiger partial charge on any atom is -0.481 e. The zero-order valence-corrected chi connectivity index (χ0v) is 20.0. The van der Waals surface area contributed by atoms with Crippen LogP contribution in [-0.2, 0) is 21.4 Å². The van der Waals surface area contributed by atoms with E-state index in [2.05, 4.69) is 15.6 Å². The van der Waals surface area contributed by atoms with Gasteiger partial charge in [0.15, 0.2) is 6.10 Å². The summed E-state index contributed by atoms with van der Waals surface area (Å²) in [6.45, 7) is 5.56. The fourth-order valence-corrected chi connectivity index (χ4v) is 4.64. The largest absolute Gasteiger partial charge is 0.481 e. The number of carbonyl (C=O) groups excluding carboxylic acids is 2. The van der Waals surface area contributed by atoms with Crippen molar-refractivity contribution in [3.8, 4) is 5.75 Å². The van der Waals surface area contributed by atoms with Crippen LogP contribution in [0.5, 0.6) is 5.75 Å². The van der Waals surface area contributed by atoms with Crippen molar-refractivity contribution >= 4 is 33.2 Å². The third kappa shape index (κ3) is 6.41. The minimum atomic E-state index is -3.81. The number of rotatable bonds is 8. The molecule has 1 atom stereocenters. The summed E-state index contributed by atoms with van der Waals surface area (Å²) in [6, 6.07) is 14.8. The molecule has 10 heteroatoms. The number of aryl methyl sites for hydroxylation is 1. The van der Waals surface area contributed by atoms with E-state index in [0.29, 0.717) is 5.75 Å². The molecule has 33 heavy (non-hydrogen) atoms. The molecular weight excluding hydrogens is 462 g/mol. The first-order chi connectivity index (χ1) is 15.7. The van der Waals surface area contributed by atoms with Crippen molar-refractivity contribution in [2.75, 3.05) is 0 Å². The SMILES string of the molecule is Cc1cccc(OC(C)C(=O)NNC(=O)c2cccc(S(=O)(=O)NCc3cccs3)c2)c1C. The van der Waals surface area contributed by atoms with E-state index in [0.717, 1.165) is 16.0 Å². The Labute approximate surface area is 197 Å². The number of ether oxygens (including phenoxy) is 1. The molecule has 0 radical (unpaired) electrons. The maximum absolute atomic E-state index is 12.6. The lowest BCUT2D eigenvalue weighted by molar-refractivity contribution is -0.128. The molecule has 2 aromatic carbocycles. The zero-order chi connectivity index (χ0) is 24.0. The van der Waals surface area contributed by atoms with Crippen LogP contribution in [0.25, 0.3) is 0 Å². The number of hydrogen-bond donors (Lipinski definition) is 3. The molecule has 3 N–H and O–H groups in total. The summed E-state index contributed by atoms with van der Waals surface area (Å²) in [4.78, 5) is 25.6. The van der Waals surface area contributed by atoms with E-state index in [1.54, 1.807) is 13.0 Å². The number of sulfonamides is 1. The molecule has 8 nitrogen and oxygen atoms in total. The molecule has 0 bridgehead atoms. The number of carbonyl (C=O) groups is 2. The van der Waals surface area contributed by atoms with Gasteiger partial charge in [-0.1, -0.05) is 24.3 Å². The van der Waals surface area contributed by atoms with Crippen LogP contribution in [0, 0.1) is 13.8 Å². The topological polar surface area (TPSA) is 114 Å². The molecule has 2 amide bonds. The van der Waals surface area contributed by atoms with E-state index in [4.69, 9.17) is 4.74 Å². The Hall–Kier alpha value is -3.21. The fourth-order valence-electron chi connectivity index (χ4n) is 2.86. The molecule has 174 valence electrons. The number of hydrazine groups is 1. The van der Waals surface area contributed by atoms with Crippen molar-refractivity contribution in [1.82, 2.24) is 15.6 Å². The molecular formula is C23H25N3O5S2. The molecule has 0 saturated heterocycles. The van der Waals surface area contributed by atoms with E-state index in [9.17, 15) is 18.0 Å².